The number of hydrogen-bond acceptors (Lipinski definition) is 6. The summed E-state index contributed by atoms with van der Waals surface area (Å²) in [5, 5.41) is 0. The van der Waals surface area contributed by atoms with Crippen LogP contribution in [0.3, 0.4) is 0 Å². The molecule has 1 aliphatic rings. The van der Waals surface area contributed by atoms with Crippen molar-refractivity contribution in [2.24, 2.45) is 11.8 Å². The van der Waals surface area contributed by atoms with Gasteiger partial charge in [-0.2, -0.15) is 0 Å². The maximum atomic E-state index is 12.3. The van der Waals surface area contributed by atoms with Gasteiger partial charge in [-0.1, -0.05) is 0 Å². The normalized spacial score (nSPS) is 21.8. The maximum absolute atomic E-state index is 12.3. The van der Waals surface area contributed by atoms with Gasteiger partial charge in [-0.05, 0) is 41.5 Å². The van der Waals surface area contributed by atoms with Crippen LogP contribution < -0.4 is 0 Å². The number of nitrogens with zero attached hydrogens (tertiary/aromatic N) is 1. The van der Waals surface area contributed by atoms with Gasteiger partial charge in [0.2, 0.25) is 0 Å². The molecule has 1 heterocycles. The number of ether oxygens (including phenoxy) is 3. The molecule has 1 aliphatic heterocycles. The van der Waals surface area contributed by atoms with Crippen LogP contribution in [0.1, 0.15) is 41.5 Å². The second-order valence-electron chi connectivity index (χ2n) is 7.65. The number of carbonyl (C=O) groups excluding carboxylic acids is 3. The van der Waals surface area contributed by atoms with Gasteiger partial charge in [0.1, 0.15) is 11.2 Å². The summed E-state index contributed by atoms with van der Waals surface area (Å²) >= 11 is 0. The summed E-state index contributed by atoms with van der Waals surface area (Å²) in [7, 11) is 1.25. The lowest BCUT2D eigenvalue weighted by atomic mass is 9.96. The van der Waals surface area contributed by atoms with Crippen molar-refractivity contribution >= 4 is 18.0 Å². The van der Waals surface area contributed by atoms with Crippen molar-refractivity contribution in [2.45, 2.75) is 52.7 Å². The molecule has 1 rings (SSSR count). The van der Waals surface area contributed by atoms with Gasteiger partial charge >= 0.3 is 18.0 Å². The van der Waals surface area contributed by atoms with Gasteiger partial charge in [-0.15, -0.1) is 0 Å². The smallest absolute Gasteiger partial charge is 0.410 e. The number of methoxy groups -OCH3 is 1. The molecule has 0 unspecified atom stereocenters. The van der Waals surface area contributed by atoms with E-state index in [1.54, 1.807) is 41.5 Å². The van der Waals surface area contributed by atoms with Crippen LogP contribution in [0.4, 0.5) is 4.79 Å². The van der Waals surface area contributed by atoms with Crippen LogP contribution in [0.5, 0.6) is 0 Å². The van der Waals surface area contributed by atoms with Crippen LogP contribution in [-0.2, 0) is 23.8 Å². The van der Waals surface area contributed by atoms with Gasteiger partial charge < -0.3 is 19.1 Å². The van der Waals surface area contributed by atoms with E-state index in [4.69, 9.17) is 14.2 Å². The van der Waals surface area contributed by atoms with E-state index in [2.05, 4.69) is 0 Å². The van der Waals surface area contributed by atoms with Crippen LogP contribution >= 0.6 is 0 Å². The van der Waals surface area contributed by atoms with Gasteiger partial charge in [0.25, 0.3) is 0 Å². The first kappa shape index (κ1) is 19.3. The molecule has 0 aromatic rings. The highest BCUT2D eigenvalue weighted by atomic mass is 16.6. The van der Waals surface area contributed by atoms with Crippen molar-refractivity contribution in [1.29, 1.82) is 0 Å². The molecule has 0 spiro atoms. The molecule has 0 radical (unpaired) electrons. The molecule has 0 aromatic heterocycles. The maximum Gasteiger partial charge on any atom is 0.410 e. The highest BCUT2D eigenvalue weighted by Gasteiger charge is 2.46. The third-order valence-electron chi connectivity index (χ3n) is 3.19. The Bertz CT molecular complexity index is 474. The zero-order chi connectivity index (χ0) is 18.0. The molecule has 1 saturated heterocycles. The lowest BCUT2D eigenvalue weighted by molar-refractivity contribution is -0.165. The summed E-state index contributed by atoms with van der Waals surface area (Å²) in [6, 6.07) is 0. The first-order valence-electron chi connectivity index (χ1n) is 7.62. The number of carbonyl (C=O) groups is 3. The molecule has 0 N–H and O–H groups in total. The van der Waals surface area contributed by atoms with Gasteiger partial charge in [-0.3, -0.25) is 9.59 Å². The van der Waals surface area contributed by atoms with Crippen molar-refractivity contribution in [3.8, 4) is 0 Å². The van der Waals surface area contributed by atoms with Crippen LogP contribution in [-0.4, -0.2) is 54.3 Å². The Kier molecular flexibility index (Phi) is 5.66. The molecule has 7 nitrogen and oxygen atoms in total. The molecule has 1 fully saturated rings. The largest absolute Gasteiger partial charge is 0.469 e. The van der Waals surface area contributed by atoms with E-state index in [-0.39, 0.29) is 13.1 Å². The van der Waals surface area contributed by atoms with Gasteiger partial charge in [0.15, 0.2) is 0 Å². The fourth-order valence-corrected chi connectivity index (χ4v) is 2.29. The predicted molar refractivity (Wildman–Crippen MR) is 82.6 cm³/mol. The second-order valence-corrected chi connectivity index (χ2v) is 7.65. The third-order valence-corrected chi connectivity index (χ3v) is 3.19. The van der Waals surface area contributed by atoms with E-state index >= 15 is 0 Å². The fourth-order valence-electron chi connectivity index (χ4n) is 2.29. The van der Waals surface area contributed by atoms with Crippen molar-refractivity contribution in [3.63, 3.8) is 0 Å². The Morgan fingerprint density at radius 2 is 1.26 bits per heavy atom. The second kappa shape index (κ2) is 6.76. The van der Waals surface area contributed by atoms with Crippen molar-refractivity contribution in [3.05, 3.63) is 0 Å². The summed E-state index contributed by atoms with van der Waals surface area (Å²) in [4.78, 5) is 37.8. The molecular formula is C16H27NO6. The number of rotatable bonds is 2. The summed E-state index contributed by atoms with van der Waals surface area (Å²) in [6.07, 6.45) is -0.558. The monoisotopic (exact) mass is 329 g/mol. The topological polar surface area (TPSA) is 82.1 Å². The van der Waals surface area contributed by atoms with Crippen molar-refractivity contribution < 1.29 is 28.6 Å². The Balaban J connectivity index is 2.89. The van der Waals surface area contributed by atoms with E-state index in [0.29, 0.717) is 0 Å². The molecule has 0 aliphatic carbocycles. The molecule has 1 amide bonds. The summed E-state index contributed by atoms with van der Waals surface area (Å²) < 4.78 is 15.4. The quantitative estimate of drug-likeness (QED) is 0.569. The first-order valence-corrected chi connectivity index (χ1v) is 7.62. The Morgan fingerprint density at radius 3 is 1.65 bits per heavy atom. The molecule has 0 saturated carbocycles. The molecule has 7 heteroatoms. The average molecular weight is 329 g/mol. The number of likely N-dealkylation sites (tertiary alicyclic amines) is 1. The molecular weight excluding hydrogens is 302 g/mol. The predicted octanol–water partition coefficient (Wildman–Crippen LogP) is 1.98. The zero-order valence-electron chi connectivity index (χ0n) is 15.0. The van der Waals surface area contributed by atoms with E-state index in [1.165, 1.54) is 12.0 Å². The molecule has 0 aromatic carbocycles. The highest BCUT2D eigenvalue weighted by molar-refractivity contribution is 5.85. The molecule has 2 atom stereocenters. The minimum absolute atomic E-state index is 0.0730. The lowest BCUT2D eigenvalue weighted by Crippen LogP contribution is -2.36. The van der Waals surface area contributed by atoms with Crippen LogP contribution in [0, 0.1) is 11.8 Å². The number of hydrogen-bond donors (Lipinski definition) is 0. The van der Waals surface area contributed by atoms with Gasteiger partial charge in [-0.25, -0.2) is 4.79 Å². The number of esters is 2. The van der Waals surface area contributed by atoms with Crippen molar-refractivity contribution in [1.82, 2.24) is 4.90 Å². The Labute approximate surface area is 137 Å². The van der Waals surface area contributed by atoms with Gasteiger partial charge in [0.05, 0.1) is 18.9 Å². The Hall–Kier alpha value is -1.79. The van der Waals surface area contributed by atoms with Crippen LogP contribution in [0.2, 0.25) is 0 Å². The molecule has 23 heavy (non-hydrogen) atoms. The standard InChI is InChI=1S/C16H27NO6/c1-15(2,3)22-13(19)11-9-17(8-10(11)12(18)21-7)14(20)23-16(4,5)6/h10-11H,8-9H2,1-7H3/t10-,11-/m1/s1. The third kappa shape index (κ3) is 5.73. The van der Waals surface area contributed by atoms with Gasteiger partial charge in [0, 0.05) is 13.1 Å². The minimum atomic E-state index is -0.755. The summed E-state index contributed by atoms with van der Waals surface area (Å²) in [5.41, 5.74) is -1.32. The van der Waals surface area contributed by atoms with E-state index < -0.39 is 41.1 Å². The summed E-state index contributed by atoms with van der Waals surface area (Å²) in [6.45, 7) is 10.7. The molecule has 0 bridgehead atoms. The van der Waals surface area contributed by atoms with E-state index in [1.807, 2.05) is 0 Å². The van der Waals surface area contributed by atoms with Crippen LogP contribution in [0.25, 0.3) is 0 Å². The minimum Gasteiger partial charge on any atom is -0.469 e. The zero-order valence-corrected chi connectivity index (χ0v) is 15.0. The highest BCUT2D eigenvalue weighted by Crippen LogP contribution is 2.28. The molecule has 132 valence electrons. The van der Waals surface area contributed by atoms with Crippen molar-refractivity contribution in [2.75, 3.05) is 20.2 Å². The average Bonchev–Trinajstić information content (AvgIpc) is 2.78. The number of amides is 1. The SMILES string of the molecule is COC(=O)[C@@H]1CN(C(=O)OC(C)(C)C)C[C@H]1C(=O)OC(C)(C)C. The lowest BCUT2D eigenvalue weighted by Gasteiger charge is -2.25. The van der Waals surface area contributed by atoms with E-state index in [9.17, 15) is 14.4 Å². The fraction of sp³-hybridized carbons (Fsp3) is 0.812. The van der Waals surface area contributed by atoms with Crippen LogP contribution in [0.15, 0.2) is 0 Å². The first-order chi connectivity index (χ1) is 10.3. The van der Waals surface area contributed by atoms with E-state index in [0.717, 1.165) is 0 Å². The summed E-state index contributed by atoms with van der Waals surface area (Å²) in [5.74, 6) is -2.55. The Morgan fingerprint density at radius 1 is 0.826 bits per heavy atom.